The highest BCUT2D eigenvalue weighted by molar-refractivity contribution is 9.10. The number of unbranched alkanes of at least 4 members (excludes halogenated alkanes) is 1. The number of methoxy groups -OCH3 is 1. The van der Waals surface area contributed by atoms with Crippen molar-refractivity contribution in [2.75, 3.05) is 13.7 Å². The normalized spacial score (nSPS) is 9.69. The first-order chi connectivity index (χ1) is 7.27. The van der Waals surface area contributed by atoms with Crippen LogP contribution < -0.4 is 10.1 Å². The van der Waals surface area contributed by atoms with Crippen LogP contribution in [0.2, 0.25) is 0 Å². The van der Waals surface area contributed by atoms with Crippen molar-refractivity contribution >= 4 is 28.3 Å². The molecular weight excluding hydrogens is 289 g/mol. The third-order valence-corrected chi connectivity index (χ3v) is 2.76. The van der Waals surface area contributed by atoms with E-state index in [9.17, 15) is 0 Å². The second-order valence-electron chi connectivity index (χ2n) is 3.49. The highest BCUT2D eigenvalue weighted by Crippen LogP contribution is 2.22. The summed E-state index contributed by atoms with van der Waals surface area (Å²) in [5.41, 5.74) is 1.20. The van der Waals surface area contributed by atoms with Gasteiger partial charge in [0.05, 0.1) is 7.11 Å². The molecule has 0 spiro atoms. The number of rotatable bonds is 6. The third-order valence-electron chi connectivity index (χ3n) is 2.27. The molecule has 0 amide bonds. The lowest BCUT2D eigenvalue weighted by Crippen LogP contribution is -2.15. The van der Waals surface area contributed by atoms with Crippen LogP contribution in [0.15, 0.2) is 22.7 Å². The zero-order valence-corrected chi connectivity index (χ0v) is 12.2. The largest absolute Gasteiger partial charge is 0.496 e. The first kappa shape index (κ1) is 15.8. The Morgan fingerprint density at radius 1 is 1.38 bits per heavy atom. The summed E-state index contributed by atoms with van der Waals surface area (Å²) < 4.78 is 6.39. The summed E-state index contributed by atoms with van der Waals surface area (Å²) >= 11 is 3.46. The number of hydrogen-bond donors (Lipinski definition) is 1. The molecule has 1 aromatic rings. The minimum absolute atomic E-state index is 0. The number of benzene rings is 1. The van der Waals surface area contributed by atoms with Gasteiger partial charge in [0, 0.05) is 16.6 Å². The van der Waals surface area contributed by atoms with Crippen molar-refractivity contribution in [1.29, 1.82) is 0 Å². The molecular formula is C12H19BrClNO. The maximum atomic E-state index is 5.30. The smallest absolute Gasteiger partial charge is 0.123 e. The fraction of sp³-hybridized carbons (Fsp3) is 0.500. The van der Waals surface area contributed by atoms with E-state index in [1.165, 1.54) is 18.4 Å². The van der Waals surface area contributed by atoms with Crippen molar-refractivity contribution in [3.63, 3.8) is 0 Å². The second kappa shape index (κ2) is 8.85. The van der Waals surface area contributed by atoms with E-state index >= 15 is 0 Å². The summed E-state index contributed by atoms with van der Waals surface area (Å²) in [5.74, 6) is 0.946. The van der Waals surface area contributed by atoms with Crippen molar-refractivity contribution < 1.29 is 4.74 Å². The Morgan fingerprint density at radius 2 is 2.12 bits per heavy atom. The zero-order valence-electron chi connectivity index (χ0n) is 9.75. The van der Waals surface area contributed by atoms with E-state index in [0.29, 0.717) is 0 Å². The number of ether oxygens (including phenoxy) is 1. The van der Waals surface area contributed by atoms with Gasteiger partial charge in [-0.05, 0) is 31.2 Å². The highest BCUT2D eigenvalue weighted by Gasteiger charge is 2.02. The standard InChI is InChI=1S/C12H18BrNO.ClH/c1-3-4-7-14-9-10-8-11(13)5-6-12(10)15-2;/h5-6,8,14H,3-4,7,9H2,1-2H3;1H. The van der Waals surface area contributed by atoms with Crippen LogP contribution in [0.3, 0.4) is 0 Å². The minimum Gasteiger partial charge on any atom is -0.496 e. The molecule has 0 fully saturated rings. The molecule has 0 unspecified atom stereocenters. The summed E-state index contributed by atoms with van der Waals surface area (Å²) in [6.45, 7) is 4.12. The molecule has 0 aliphatic heterocycles. The predicted molar refractivity (Wildman–Crippen MR) is 74.6 cm³/mol. The van der Waals surface area contributed by atoms with Crippen molar-refractivity contribution in [2.45, 2.75) is 26.3 Å². The minimum atomic E-state index is 0. The molecule has 0 saturated carbocycles. The van der Waals surface area contributed by atoms with Crippen molar-refractivity contribution in [3.05, 3.63) is 28.2 Å². The number of halogens is 2. The predicted octanol–water partition coefficient (Wildman–Crippen LogP) is 3.77. The summed E-state index contributed by atoms with van der Waals surface area (Å²) in [6, 6.07) is 6.08. The summed E-state index contributed by atoms with van der Waals surface area (Å²) in [4.78, 5) is 0. The van der Waals surface area contributed by atoms with E-state index in [4.69, 9.17) is 4.74 Å². The molecule has 0 radical (unpaired) electrons. The van der Waals surface area contributed by atoms with Gasteiger partial charge < -0.3 is 10.1 Å². The van der Waals surface area contributed by atoms with E-state index in [-0.39, 0.29) is 12.4 Å². The van der Waals surface area contributed by atoms with Crippen LogP contribution in [0.5, 0.6) is 5.75 Å². The Labute approximate surface area is 112 Å². The van der Waals surface area contributed by atoms with Gasteiger partial charge in [0.15, 0.2) is 0 Å². The lowest BCUT2D eigenvalue weighted by molar-refractivity contribution is 0.407. The molecule has 0 heterocycles. The second-order valence-corrected chi connectivity index (χ2v) is 4.40. The summed E-state index contributed by atoms with van der Waals surface area (Å²) in [6.07, 6.45) is 2.44. The van der Waals surface area contributed by atoms with E-state index in [0.717, 1.165) is 23.3 Å². The molecule has 0 aromatic heterocycles. The molecule has 92 valence electrons. The van der Waals surface area contributed by atoms with Gasteiger partial charge in [-0.3, -0.25) is 0 Å². The maximum absolute atomic E-state index is 5.30. The van der Waals surface area contributed by atoms with Gasteiger partial charge >= 0.3 is 0 Å². The average molecular weight is 309 g/mol. The van der Waals surface area contributed by atoms with Crippen LogP contribution >= 0.6 is 28.3 Å². The maximum Gasteiger partial charge on any atom is 0.123 e. The molecule has 1 N–H and O–H groups in total. The van der Waals surface area contributed by atoms with Crippen LogP contribution in [-0.2, 0) is 6.54 Å². The molecule has 0 saturated heterocycles. The van der Waals surface area contributed by atoms with Crippen LogP contribution in [0.25, 0.3) is 0 Å². The molecule has 0 atom stereocenters. The topological polar surface area (TPSA) is 21.3 Å². The molecule has 16 heavy (non-hydrogen) atoms. The fourth-order valence-electron chi connectivity index (χ4n) is 1.41. The Kier molecular flexibility index (Phi) is 8.71. The highest BCUT2D eigenvalue weighted by atomic mass is 79.9. The number of hydrogen-bond acceptors (Lipinski definition) is 2. The first-order valence-corrected chi connectivity index (χ1v) is 6.10. The molecule has 4 heteroatoms. The lowest BCUT2D eigenvalue weighted by atomic mass is 10.2. The van der Waals surface area contributed by atoms with Gasteiger partial charge in [0.1, 0.15) is 5.75 Å². The van der Waals surface area contributed by atoms with Crippen LogP contribution in [0.1, 0.15) is 25.3 Å². The van der Waals surface area contributed by atoms with Crippen LogP contribution in [0.4, 0.5) is 0 Å². The molecule has 1 rings (SSSR count). The van der Waals surface area contributed by atoms with E-state index in [1.54, 1.807) is 7.11 Å². The Balaban J connectivity index is 0.00000225. The lowest BCUT2D eigenvalue weighted by Gasteiger charge is -2.09. The SMILES string of the molecule is CCCCNCc1cc(Br)ccc1OC.Cl. The van der Waals surface area contributed by atoms with E-state index in [1.807, 2.05) is 12.1 Å². The number of nitrogens with one attached hydrogen (secondary N) is 1. The van der Waals surface area contributed by atoms with Gasteiger partial charge in [-0.2, -0.15) is 0 Å². The molecule has 0 aliphatic carbocycles. The summed E-state index contributed by atoms with van der Waals surface area (Å²) in [5, 5.41) is 3.40. The Hall–Kier alpha value is -0.250. The fourth-order valence-corrected chi connectivity index (χ4v) is 1.82. The van der Waals surface area contributed by atoms with Crippen LogP contribution in [0, 0.1) is 0 Å². The van der Waals surface area contributed by atoms with Crippen LogP contribution in [-0.4, -0.2) is 13.7 Å². The van der Waals surface area contributed by atoms with Crippen molar-refractivity contribution in [2.24, 2.45) is 0 Å². The van der Waals surface area contributed by atoms with Gasteiger partial charge in [0.25, 0.3) is 0 Å². The average Bonchev–Trinajstić information content (AvgIpc) is 2.25. The van der Waals surface area contributed by atoms with Gasteiger partial charge in [-0.1, -0.05) is 29.3 Å². The Bertz CT molecular complexity index is 307. The quantitative estimate of drug-likeness (QED) is 0.808. The molecule has 0 aliphatic rings. The van der Waals surface area contributed by atoms with E-state index in [2.05, 4.69) is 34.2 Å². The third kappa shape index (κ3) is 5.19. The molecule has 0 bridgehead atoms. The zero-order chi connectivity index (χ0) is 11.1. The monoisotopic (exact) mass is 307 g/mol. The Morgan fingerprint density at radius 3 is 2.75 bits per heavy atom. The molecule has 2 nitrogen and oxygen atoms in total. The first-order valence-electron chi connectivity index (χ1n) is 5.31. The van der Waals surface area contributed by atoms with Gasteiger partial charge in [-0.15, -0.1) is 12.4 Å². The van der Waals surface area contributed by atoms with Gasteiger partial charge in [-0.25, -0.2) is 0 Å². The van der Waals surface area contributed by atoms with Crippen molar-refractivity contribution in [3.8, 4) is 5.75 Å². The molecule has 1 aromatic carbocycles. The van der Waals surface area contributed by atoms with E-state index < -0.39 is 0 Å². The van der Waals surface area contributed by atoms with Gasteiger partial charge in [0.2, 0.25) is 0 Å². The van der Waals surface area contributed by atoms with Crippen molar-refractivity contribution in [1.82, 2.24) is 5.32 Å². The summed E-state index contributed by atoms with van der Waals surface area (Å²) in [7, 11) is 1.71.